The van der Waals surface area contributed by atoms with Crippen LogP contribution in [-0.2, 0) is 6.67 Å². The van der Waals surface area contributed by atoms with Gasteiger partial charge in [-0.15, -0.1) is 0 Å². The Hall–Kier alpha value is -2.53. The number of benzene rings is 1. The van der Waals surface area contributed by atoms with Crippen molar-refractivity contribution in [1.29, 1.82) is 0 Å². The highest BCUT2D eigenvalue weighted by molar-refractivity contribution is 5.82. The van der Waals surface area contributed by atoms with Gasteiger partial charge >= 0.3 is 0 Å². The van der Waals surface area contributed by atoms with E-state index in [0.717, 1.165) is 5.39 Å². The summed E-state index contributed by atoms with van der Waals surface area (Å²) < 4.78 is 18.9. The van der Waals surface area contributed by atoms with Crippen LogP contribution in [0.5, 0.6) is 11.6 Å². The Labute approximate surface area is 133 Å². The van der Waals surface area contributed by atoms with Crippen molar-refractivity contribution in [3.63, 3.8) is 0 Å². The van der Waals surface area contributed by atoms with Crippen molar-refractivity contribution in [2.75, 3.05) is 6.61 Å². The number of pyridine rings is 2. The van der Waals surface area contributed by atoms with Gasteiger partial charge in [0.15, 0.2) is 5.75 Å². The highest BCUT2D eigenvalue weighted by atomic mass is 19.1. The second-order valence-corrected chi connectivity index (χ2v) is 5.34. The number of hydrogen-bond acceptors (Lipinski definition) is 4. The van der Waals surface area contributed by atoms with Crippen molar-refractivity contribution >= 4 is 10.9 Å². The van der Waals surface area contributed by atoms with Gasteiger partial charge in [-0.2, -0.15) is 0 Å². The lowest BCUT2D eigenvalue weighted by Crippen LogP contribution is -2.04. The van der Waals surface area contributed by atoms with E-state index in [-0.39, 0.29) is 12.5 Å². The van der Waals surface area contributed by atoms with Crippen molar-refractivity contribution < 1.29 is 14.2 Å². The maximum absolute atomic E-state index is 13.1. The molecule has 3 aromatic rings. The Bertz CT molecular complexity index is 823. The molecule has 23 heavy (non-hydrogen) atoms. The second kappa shape index (κ2) is 6.71. The molecule has 1 aromatic carbocycles. The molecule has 1 atom stereocenters. The Morgan fingerprint density at radius 1 is 1.17 bits per heavy atom. The maximum Gasteiger partial charge on any atom is 0.219 e. The fourth-order valence-electron chi connectivity index (χ4n) is 2.41. The van der Waals surface area contributed by atoms with Crippen LogP contribution in [-0.4, -0.2) is 21.7 Å². The summed E-state index contributed by atoms with van der Waals surface area (Å²) in [6, 6.07) is 12.5. The number of alkyl halides is 1. The number of rotatable bonds is 5. The van der Waals surface area contributed by atoms with Crippen molar-refractivity contribution in [2.24, 2.45) is 0 Å². The van der Waals surface area contributed by atoms with E-state index < -0.39 is 6.67 Å². The monoisotopic (exact) mass is 312 g/mol. The highest BCUT2D eigenvalue weighted by Gasteiger charge is 2.14. The minimum absolute atomic E-state index is 0.0233. The fourth-order valence-corrected chi connectivity index (χ4v) is 2.41. The smallest absolute Gasteiger partial charge is 0.219 e. The Kier molecular flexibility index (Phi) is 4.48. The number of halogens is 1. The number of hydrogen-bond donors (Lipinski definition) is 1. The standard InChI is InChI=1S/C18H17FN2O2/c1-12(11-22)17-15(6-3-9-20-17)23-16-8-7-13-4-2-5-14(10-19)18(13)21-16/h2-9,12,22H,10-11H2,1H3. The molecule has 4 nitrogen and oxygen atoms in total. The maximum atomic E-state index is 13.1. The van der Waals surface area contributed by atoms with Gasteiger partial charge in [0.2, 0.25) is 5.88 Å². The molecule has 0 saturated carbocycles. The average Bonchev–Trinajstić information content (AvgIpc) is 2.61. The van der Waals surface area contributed by atoms with E-state index in [9.17, 15) is 9.50 Å². The molecule has 118 valence electrons. The van der Waals surface area contributed by atoms with Crippen LogP contribution in [0.15, 0.2) is 48.7 Å². The summed E-state index contributed by atoms with van der Waals surface area (Å²) in [6.45, 7) is 1.27. The van der Waals surface area contributed by atoms with Gasteiger partial charge < -0.3 is 9.84 Å². The van der Waals surface area contributed by atoms with Gasteiger partial charge in [0.05, 0.1) is 17.8 Å². The van der Waals surface area contributed by atoms with Crippen LogP contribution in [0, 0.1) is 0 Å². The molecule has 2 aromatic heterocycles. The van der Waals surface area contributed by atoms with Crippen LogP contribution in [0.25, 0.3) is 10.9 Å². The van der Waals surface area contributed by atoms with Crippen molar-refractivity contribution in [3.05, 3.63) is 59.9 Å². The summed E-state index contributed by atoms with van der Waals surface area (Å²) in [6.07, 6.45) is 1.66. The number of aromatic nitrogens is 2. The number of fused-ring (bicyclic) bond motifs is 1. The molecule has 1 N–H and O–H groups in total. The van der Waals surface area contributed by atoms with E-state index >= 15 is 0 Å². The van der Waals surface area contributed by atoms with Crippen LogP contribution in [0.4, 0.5) is 4.39 Å². The summed E-state index contributed by atoms with van der Waals surface area (Å²) in [5, 5.41) is 10.2. The minimum atomic E-state index is -0.576. The Morgan fingerprint density at radius 3 is 2.83 bits per heavy atom. The topological polar surface area (TPSA) is 55.2 Å². The SMILES string of the molecule is CC(CO)c1ncccc1Oc1ccc2cccc(CF)c2n1. The Morgan fingerprint density at radius 2 is 2.04 bits per heavy atom. The van der Waals surface area contributed by atoms with Crippen LogP contribution in [0.2, 0.25) is 0 Å². The summed E-state index contributed by atoms with van der Waals surface area (Å²) in [7, 11) is 0. The predicted molar refractivity (Wildman–Crippen MR) is 86.4 cm³/mol. The third-order valence-electron chi connectivity index (χ3n) is 3.68. The zero-order valence-electron chi connectivity index (χ0n) is 12.7. The first-order valence-electron chi connectivity index (χ1n) is 7.41. The number of nitrogens with zero attached hydrogens (tertiary/aromatic N) is 2. The van der Waals surface area contributed by atoms with Crippen LogP contribution in [0.1, 0.15) is 24.1 Å². The third kappa shape index (κ3) is 3.14. The van der Waals surface area contributed by atoms with Gasteiger partial charge in [-0.25, -0.2) is 9.37 Å². The van der Waals surface area contributed by atoms with E-state index in [1.165, 1.54) is 0 Å². The lowest BCUT2D eigenvalue weighted by Gasteiger charge is -2.13. The fraction of sp³-hybridized carbons (Fsp3) is 0.222. The largest absolute Gasteiger partial charge is 0.437 e. The Balaban J connectivity index is 1.99. The first-order valence-corrected chi connectivity index (χ1v) is 7.41. The lowest BCUT2D eigenvalue weighted by atomic mass is 10.1. The number of ether oxygens (including phenoxy) is 1. The molecular weight excluding hydrogens is 295 g/mol. The van der Waals surface area contributed by atoms with Crippen LogP contribution in [0.3, 0.4) is 0 Å². The lowest BCUT2D eigenvalue weighted by molar-refractivity contribution is 0.268. The van der Waals surface area contributed by atoms with Crippen molar-refractivity contribution in [2.45, 2.75) is 19.5 Å². The molecule has 0 aliphatic rings. The molecule has 0 aliphatic carbocycles. The number of aliphatic hydroxyl groups excluding tert-OH is 1. The van der Waals surface area contributed by atoms with Gasteiger partial charge in [-0.1, -0.05) is 25.1 Å². The molecule has 5 heteroatoms. The molecule has 0 bridgehead atoms. The summed E-state index contributed by atoms with van der Waals surface area (Å²) >= 11 is 0. The van der Waals surface area contributed by atoms with Crippen LogP contribution >= 0.6 is 0 Å². The first-order chi connectivity index (χ1) is 11.2. The molecule has 0 fully saturated rings. The van der Waals surface area contributed by atoms with Crippen LogP contribution < -0.4 is 4.74 Å². The highest BCUT2D eigenvalue weighted by Crippen LogP contribution is 2.29. The van der Waals surface area contributed by atoms with E-state index in [2.05, 4.69) is 9.97 Å². The number of para-hydroxylation sites is 1. The molecule has 1 unspecified atom stereocenters. The van der Waals surface area contributed by atoms with Gasteiger partial charge in [-0.05, 0) is 18.2 Å². The molecule has 0 radical (unpaired) electrons. The molecule has 2 heterocycles. The van der Waals surface area contributed by atoms with E-state index in [4.69, 9.17) is 4.74 Å². The zero-order chi connectivity index (χ0) is 16.2. The van der Waals surface area contributed by atoms with Gasteiger partial charge in [0.1, 0.15) is 6.67 Å². The summed E-state index contributed by atoms with van der Waals surface area (Å²) in [4.78, 5) is 8.68. The second-order valence-electron chi connectivity index (χ2n) is 5.34. The minimum Gasteiger partial charge on any atom is -0.437 e. The zero-order valence-corrected chi connectivity index (χ0v) is 12.7. The molecule has 0 saturated heterocycles. The molecule has 0 aliphatic heterocycles. The molecular formula is C18H17FN2O2. The average molecular weight is 312 g/mol. The van der Waals surface area contributed by atoms with Crippen molar-refractivity contribution in [3.8, 4) is 11.6 Å². The van der Waals surface area contributed by atoms with Crippen molar-refractivity contribution in [1.82, 2.24) is 9.97 Å². The van der Waals surface area contributed by atoms with E-state index in [0.29, 0.717) is 28.4 Å². The van der Waals surface area contributed by atoms with E-state index in [1.54, 1.807) is 30.5 Å². The normalized spacial score (nSPS) is 12.3. The van der Waals surface area contributed by atoms with Gasteiger partial charge in [0, 0.05) is 29.1 Å². The molecule has 0 amide bonds. The van der Waals surface area contributed by atoms with Gasteiger partial charge in [-0.3, -0.25) is 4.98 Å². The summed E-state index contributed by atoms with van der Waals surface area (Å²) in [5.74, 6) is 0.768. The third-order valence-corrected chi connectivity index (χ3v) is 3.68. The first kappa shape index (κ1) is 15.4. The quantitative estimate of drug-likeness (QED) is 0.774. The molecule has 0 spiro atoms. The number of aliphatic hydroxyl groups is 1. The van der Waals surface area contributed by atoms with Gasteiger partial charge in [0.25, 0.3) is 0 Å². The summed E-state index contributed by atoms with van der Waals surface area (Å²) in [5.41, 5.74) is 1.78. The molecule has 3 rings (SSSR count). The predicted octanol–water partition coefficient (Wildman–Crippen LogP) is 3.99. The van der Waals surface area contributed by atoms with E-state index in [1.807, 2.05) is 25.1 Å².